The minimum absolute atomic E-state index is 0.711. The molecule has 1 fully saturated rings. The molecule has 0 radical (unpaired) electrons. The van der Waals surface area contributed by atoms with Crippen molar-refractivity contribution in [3.05, 3.63) is 29.8 Å². The van der Waals surface area contributed by atoms with Crippen LogP contribution in [0.4, 0.5) is 0 Å². The largest absolute Gasteiger partial charge is 0.494 e. The molecule has 0 aliphatic heterocycles. The van der Waals surface area contributed by atoms with Crippen LogP contribution in [-0.2, 0) is 0 Å². The van der Waals surface area contributed by atoms with Gasteiger partial charge in [-0.2, -0.15) is 0 Å². The summed E-state index contributed by atoms with van der Waals surface area (Å²) < 4.78 is 5.59. The number of benzene rings is 1. The van der Waals surface area contributed by atoms with Crippen molar-refractivity contribution in [2.45, 2.75) is 32.1 Å². The van der Waals surface area contributed by atoms with E-state index in [1.165, 1.54) is 24.8 Å². The third-order valence-corrected chi connectivity index (χ3v) is 3.72. The number of ether oxygens (including phenoxy) is 1. The summed E-state index contributed by atoms with van der Waals surface area (Å²) in [5.41, 5.74) is 1.45. The van der Waals surface area contributed by atoms with Crippen LogP contribution in [0, 0.1) is 5.92 Å². The fourth-order valence-electron chi connectivity index (χ4n) is 2.98. The van der Waals surface area contributed by atoms with Gasteiger partial charge in [-0.05, 0) is 62.9 Å². The maximum atomic E-state index is 5.59. The first-order valence-corrected chi connectivity index (χ1v) is 6.72. The SMILES string of the molecule is CCOc1cccc(C2CCCC2CNC)c1. The van der Waals surface area contributed by atoms with E-state index in [0.717, 1.165) is 24.8 Å². The van der Waals surface area contributed by atoms with Crippen LogP contribution in [0.3, 0.4) is 0 Å². The van der Waals surface area contributed by atoms with Gasteiger partial charge in [0.2, 0.25) is 0 Å². The average molecular weight is 233 g/mol. The second-order valence-corrected chi connectivity index (χ2v) is 4.86. The van der Waals surface area contributed by atoms with E-state index in [2.05, 4.69) is 29.6 Å². The Kier molecular flexibility index (Phi) is 4.43. The van der Waals surface area contributed by atoms with E-state index in [-0.39, 0.29) is 0 Å². The minimum Gasteiger partial charge on any atom is -0.494 e. The van der Waals surface area contributed by atoms with E-state index in [9.17, 15) is 0 Å². The number of nitrogens with one attached hydrogen (secondary N) is 1. The first-order chi connectivity index (χ1) is 8.35. The summed E-state index contributed by atoms with van der Waals surface area (Å²) in [4.78, 5) is 0. The highest BCUT2D eigenvalue weighted by Gasteiger charge is 2.27. The van der Waals surface area contributed by atoms with Crippen LogP contribution in [-0.4, -0.2) is 20.2 Å². The van der Waals surface area contributed by atoms with Gasteiger partial charge in [0.15, 0.2) is 0 Å². The van der Waals surface area contributed by atoms with E-state index < -0.39 is 0 Å². The van der Waals surface area contributed by atoms with E-state index in [1.54, 1.807) is 0 Å². The summed E-state index contributed by atoms with van der Waals surface area (Å²) in [6.07, 6.45) is 4.03. The van der Waals surface area contributed by atoms with Crippen molar-refractivity contribution in [3.8, 4) is 5.75 Å². The van der Waals surface area contributed by atoms with Crippen molar-refractivity contribution in [3.63, 3.8) is 0 Å². The first-order valence-electron chi connectivity index (χ1n) is 6.72. The quantitative estimate of drug-likeness (QED) is 0.843. The number of hydrogen-bond acceptors (Lipinski definition) is 2. The molecule has 0 spiro atoms. The summed E-state index contributed by atoms with van der Waals surface area (Å²) in [5, 5.41) is 3.32. The molecule has 1 aliphatic carbocycles. The predicted molar refractivity (Wildman–Crippen MR) is 71.6 cm³/mol. The van der Waals surface area contributed by atoms with Crippen molar-refractivity contribution < 1.29 is 4.74 Å². The van der Waals surface area contributed by atoms with E-state index >= 15 is 0 Å². The van der Waals surface area contributed by atoms with Gasteiger partial charge in [-0.15, -0.1) is 0 Å². The molecule has 1 N–H and O–H groups in total. The molecule has 2 rings (SSSR count). The zero-order chi connectivity index (χ0) is 12.1. The van der Waals surface area contributed by atoms with Gasteiger partial charge in [-0.3, -0.25) is 0 Å². The van der Waals surface area contributed by atoms with Crippen LogP contribution in [0.1, 0.15) is 37.7 Å². The Morgan fingerprint density at radius 1 is 1.35 bits per heavy atom. The molecule has 0 saturated heterocycles. The molecule has 0 amide bonds. The molecule has 0 heterocycles. The van der Waals surface area contributed by atoms with Crippen LogP contribution < -0.4 is 10.1 Å². The van der Waals surface area contributed by atoms with Crippen LogP contribution in [0.15, 0.2) is 24.3 Å². The van der Waals surface area contributed by atoms with Gasteiger partial charge in [0.25, 0.3) is 0 Å². The van der Waals surface area contributed by atoms with Gasteiger partial charge in [-0.1, -0.05) is 18.6 Å². The molecular weight excluding hydrogens is 210 g/mol. The lowest BCUT2D eigenvalue weighted by Crippen LogP contribution is -2.20. The average Bonchev–Trinajstić information content (AvgIpc) is 2.79. The lowest BCUT2D eigenvalue weighted by Gasteiger charge is -2.20. The predicted octanol–water partition coefficient (Wildman–Crippen LogP) is 3.19. The Morgan fingerprint density at radius 3 is 3.00 bits per heavy atom. The summed E-state index contributed by atoms with van der Waals surface area (Å²) in [5.74, 6) is 2.51. The van der Waals surface area contributed by atoms with Crippen LogP contribution in [0.5, 0.6) is 5.75 Å². The van der Waals surface area contributed by atoms with Gasteiger partial charge < -0.3 is 10.1 Å². The van der Waals surface area contributed by atoms with Gasteiger partial charge in [0.1, 0.15) is 5.75 Å². The highest BCUT2D eigenvalue weighted by molar-refractivity contribution is 5.31. The lowest BCUT2D eigenvalue weighted by atomic mass is 9.89. The standard InChI is InChI=1S/C15H23NO/c1-3-17-14-8-4-6-12(10-14)15-9-5-7-13(15)11-16-2/h4,6,8,10,13,15-16H,3,5,7,9,11H2,1-2H3. The van der Waals surface area contributed by atoms with Gasteiger partial charge in [-0.25, -0.2) is 0 Å². The fourth-order valence-corrected chi connectivity index (χ4v) is 2.98. The Balaban J connectivity index is 2.12. The van der Waals surface area contributed by atoms with Crippen molar-refractivity contribution in [2.24, 2.45) is 5.92 Å². The second kappa shape index (κ2) is 6.06. The summed E-state index contributed by atoms with van der Waals surface area (Å²) >= 11 is 0. The van der Waals surface area contributed by atoms with Crippen LogP contribution in [0.25, 0.3) is 0 Å². The van der Waals surface area contributed by atoms with E-state index in [0.29, 0.717) is 5.92 Å². The van der Waals surface area contributed by atoms with Gasteiger partial charge in [0, 0.05) is 0 Å². The highest BCUT2D eigenvalue weighted by Crippen LogP contribution is 2.40. The van der Waals surface area contributed by atoms with Gasteiger partial charge in [0.05, 0.1) is 6.61 Å². The molecule has 1 aromatic rings. The molecule has 2 heteroatoms. The van der Waals surface area contributed by atoms with Crippen molar-refractivity contribution in [1.82, 2.24) is 5.32 Å². The van der Waals surface area contributed by atoms with Crippen LogP contribution >= 0.6 is 0 Å². The van der Waals surface area contributed by atoms with Crippen molar-refractivity contribution in [1.29, 1.82) is 0 Å². The summed E-state index contributed by atoms with van der Waals surface area (Å²) in [6.45, 7) is 3.91. The zero-order valence-corrected chi connectivity index (χ0v) is 10.9. The molecule has 2 atom stereocenters. The molecule has 1 aromatic carbocycles. The third-order valence-electron chi connectivity index (χ3n) is 3.72. The first kappa shape index (κ1) is 12.4. The zero-order valence-electron chi connectivity index (χ0n) is 10.9. The Labute approximate surface area is 104 Å². The normalized spacial score (nSPS) is 23.9. The van der Waals surface area contributed by atoms with E-state index in [1.807, 2.05) is 14.0 Å². The lowest BCUT2D eigenvalue weighted by molar-refractivity contribution is 0.339. The smallest absolute Gasteiger partial charge is 0.119 e. The fraction of sp³-hybridized carbons (Fsp3) is 0.600. The van der Waals surface area contributed by atoms with Crippen molar-refractivity contribution >= 4 is 0 Å². The Hall–Kier alpha value is -1.02. The molecule has 0 bridgehead atoms. The van der Waals surface area contributed by atoms with E-state index in [4.69, 9.17) is 4.74 Å². The molecule has 17 heavy (non-hydrogen) atoms. The highest BCUT2D eigenvalue weighted by atomic mass is 16.5. The Bertz CT molecular complexity index is 351. The number of rotatable bonds is 5. The summed E-state index contributed by atoms with van der Waals surface area (Å²) in [6, 6.07) is 8.65. The summed E-state index contributed by atoms with van der Waals surface area (Å²) in [7, 11) is 2.05. The molecule has 1 aliphatic rings. The second-order valence-electron chi connectivity index (χ2n) is 4.86. The number of hydrogen-bond donors (Lipinski definition) is 1. The maximum absolute atomic E-state index is 5.59. The Morgan fingerprint density at radius 2 is 2.24 bits per heavy atom. The van der Waals surface area contributed by atoms with Crippen LogP contribution in [0.2, 0.25) is 0 Å². The molecule has 1 saturated carbocycles. The third kappa shape index (κ3) is 3.01. The molecule has 94 valence electrons. The van der Waals surface area contributed by atoms with Gasteiger partial charge >= 0.3 is 0 Å². The minimum atomic E-state index is 0.711. The molecule has 2 unspecified atom stereocenters. The monoisotopic (exact) mass is 233 g/mol. The molecule has 0 aromatic heterocycles. The molecule has 2 nitrogen and oxygen atoms in total. The molecular formula is C15H23NO. The maximum Gasteiger partial charge on any atom is 0.119 e. The topological polar surface area (TPSA) is 21.3 Å². The van der Waals surface area contributed by atoms with Crippen molar-refractivity contribution in [2.75, 3.05) is 20.2 Å².